The molecule has 64 valence electrons. The largest absolute Gasteiger partial charge is 0.314 e. The smallest absolute Gasteiger partial charge is 0.207 e. The van der Waals surface area contributed by atoms with Crippen LogP contribution in [0.3, 0.4) is 0 Å². The van der Waals surface area contributed by atoms with E-state index in [-0.39, 0.29) is 0 Å². The van der Waals surface area contributed by atoms with Crippen molar-refractivity contribution >= 4 is 5.69 Å². The van der Waals surface area contributed by atoms with Gasteiger partial charge >= 0.3 is 0 Å². The molecule has 0 aliphatic carbocycles. The summed E-state index contributed by atoms with van der Waals surface area (Å²) in [7, 11) is 4.15. The van der Waals surface area contributed by atoms with Gasteiger partial charge in [0.1, 0.15) is 12.7 Å². The molecule has 1 aliphatic rings. The van der Waals surface area contributed by atoms with Crippen LogP contribution in [0.2, 0.25) is 0 Å². The summed E-state index contributed by atoms with van der Waals surface area (Å²) >= 11 is 0. The number of nitrogens with one attached hydrogen (secondary N) is 1. The van der Waals surface area contributed by atoms with Gasteiger partial charge in [0, 0.05) is 26.1 Å². The molecule has 3 heteroatoms. The molecule has 2 heterocycles. The summed E-state index contributed by atoms with van der Waals surface area (Å²) in [6.07, 6.45) is 3.21. The molecule has 0 amide bonds. The Hall–Kier alpha value is -1.09. The van der Waals surface area contributed by atoms with E-state index < -0.39 is 0 Å². The third-order valence-corrected chi connectivity index (χ3v) is 2.30. The van der Waals surface area contributed by atoms with E-state index in [0.29, 0.717) is 0 Å². The number of rotatable bonds is 0. The van der Waals surface area contributed by atoms with Gasteiger partial charge in [-0.1, -0.05) is 0 Å². The first-order valence-corrected chi connectivity index (χ1v) is 4.22. The fourth-order valence-electron chi connectivity index (χ4n) is 1.59. The average molecular weight is 164 g/mol. The second-order valence-electron chi connectivity index (χ2n) is 3.26. The molecule has 0 spiro atoms. The van der Waals surface area contributed by atoms with Crippen LogP contribution in [0, 0.1) is 0 Å². The molecule has 1 aromatic heterocycles. The minimum atomic E-state index is 1.07. The van der Waals surface area contributed by atoms with Crippen molar-refractivity contribution in [1.29, 1.82) is 0 Å². The number of nitrogens with zero attached hydrogens (tertiary/aromatic N) is 2. The van der Waals surface area contributed by atoms with Crippen LogP contribution in [-0.2, 0) is 13.5 Å². The standard InChI is InChI=1S/C9H14N3/c1-11-6-3-4-8-9(11)5-7-12(2)10-8/h3-4,6,10H,5,7H2,1-2H3/q+1. The summed E-state index contributed by atoms with van der Waals surface area (Å²) in [4.78, 5) is 0. The molecule has 1 N–H and O–H groups in total. The molecule has 12 heavy (non-hydrogen) atoms. The summed E-state index contributed by atoms with van der Waals surface area (Å²) in [5, 5.41) is 2.11. The minimum absolute atomic E-state index is 1.07. The molecule has 2 rings (SSSR count). The van der Waals surface area contributed by atoms with Crippen molar-refractivity contribution in [3.8, 4) is 0 Å². The van der Waals surface area contributed by atoms with Gasteiger partial charge in [-0.05, 0) is 6.07 Å². The molecule has 0 fully saturated rings. The number of fused-ring (bicyclic) bond motifs is 1. The number of pyridine rings is 1. The molecule has 0 radical (unpaired) electrons. The normalized spacial score (nSPS) is 16.8. The summed E-state index contributed by atoms with van der Waals surface area (Å²) in [6, 6.07) is 4.18. The Bertz CT molecular complexity index is 296. The zero-order chi connectivity index (χ0) is 8.55. The first-order chi connectivity index (χ1) is 5.77. The lowest BCUT2D eigenvalue weighted by Crippen LogP contribution is -2.42. The SMILES string of the molecule is CN1CCc2c(ccc[n+]2C)N1. The fourth-order valence-corrected chi connectivity index (χ4v) is 1.59. The summed E-state index contributed by atoms with van der Waals surface area (Å²) in [5.74, 6) is 0. The monoisotopic (exact) mass is 164 g/mol. The number of likely N-dealkylation sites (N-methyl/N-ethyl adjacent to an activating group) is 1. The van der Waals surface area contributed by atoms with E-state index in [2.05, 4.69) is 47.4 Å². The van der Waals surface area contributed by atoms with E-state index >= 15 is 0 Å². The highest BCUT2D eigenvalue weighted by Gasteiger charge is 2.18. The van der Waals surface area contributed by atoms with Gasteiger partial charge in [-0.2, -0.15) is 0 Å². The number of anilines is 1. The van der Waals surface area contributed by atoms with Crippen LogP contribution in [0.5, 0.6) is 0 Å². The molecule has 1 aliphatic heterocycles. The first-order valence-electron chi connectivity index (χ1n) is 4.22. The van der Waals surface area contributed by atoms with E-state index in [1.54, 1.807) is 0 Å². The lowest BCUT2D eigenvalue weighted by Gasteiger charge is -2.24. The van der Waals surface area contributed by atoms with Gasteiger partial charge in [0.15, 0.2) is 6.20 Å². The molecular formula is C9H14N3+. The Morgan fingerprint density at radius 3 is 3.25 bits per heavy atom. The highest BCUT2D eigenvalue weighted by Crippen LogP contribution is 2.15. The summed E-state index contributed by atoms with van der Waals surface area (Å²) in [6.45, 7) is 1.07. The minimum Gasteiger partial charge on any atom is -0.314 e. The molecule has 0 saturated heterocycles. The molecule has 0 atom stereocenters. The van der Waals surface area contributed by atoms with Crippen LogP contribution in [0.4, 0.5) is 5.69 Å². The van der Waals surface area contributed by atoms with Gasteiger partial charge in [-0.25, -0.2) is 9.58 Å². The van der Waals surface area contributed by atoms with E-state index in [4.69, 9.17) is 0 Å². The van der Waals surface area contributed by atoms with Crippen LogP contribution in [0.25, 0.3) is 0 Å². The predicted octanol–water partition coefficient (Wildman–Crippen LogP) is 0.326. The Labute approximate surface area is 72.6 Å². The van der Waals surface area contributed by atoms with Crippen molar-refractivity contribution in [2.45, 2.75) is 6.42 Å². The van der Waals surface area contributed by atoms with Crippen molar-refractivity contribution in [2.75, 3.05) is 19.0 Å². The molecule has 0 bridgehead atoms. The lowest BCUT2D eigenvalue weighted by molar-refractivity contribution is -0.678. The van der Waals surface area contributed by atoms with Crippen molar-refractivity contribution < 1.29 is 4.57 Å². The van der Waals surface area contributed by atoms with Crippen LogP contribution < -0.4 is 9.99 Å². The maximum absolute atomic E-state index is 3.31. The van der Waals surface area contributed by atoms with Gasteiger partial charge in [-0.3, -0.25) is 0 Å². The number of aryl methyl sites for hydroxylation is 1. The highest BCUT2D eigenvalue weighted by molar-refractivity contribution is 5.45. The van der Waals surface area contributed by atoms with Crippen LogP contribution in [-0.4, -0.2) is 18.6 Å². The summed E-state index contributed by atoms with van der Waals surface area (Å²) < 4.78 is 2.18. The molecule has 0 aromatic carbocycles. The van der Waals surface area contributed by atoms with E-state index in [9.17, 15) is 0 Å². The van der Waals surface area contributed by atoms with E-state index in [0.717, 1.165) is 13.0 Å². The maximum Gasteiger partial charge on any atom is 0.207 e. The predicted molar refractivity (Wildman–Crippen MR) is 47.6 cm³/mol. The topological polar surface area (TPSA) is 19.1 Å². The molecule has 3 nitrogen and oxygen atoms in total. The van der Waals surface area contributed by atoms with Gasteiger partial charge in [0.05, 0.1) is 0 Å². The van der Waals surface area contributed by atoms with E-state index in [1.807, 2.05) is 0 Å². The van der Waals surface area contributed by atoms with Crippen molar-refractivity contribution in [3.63, 3.8) is 0 Å². The number of hydrazine groups is 1. The molecule has 0 unspecified atom stereocenters. The number of hydrogen-bond acceptors (Lipinski definition) is 2. The average Bonchev–Trinajstić information content (AvgIpc) is 2.04. The van der Waals surface area contributed by atoms with Crippen LogP contribution in [0.15, 0.2) is 18.3 Å². The third kappa shape index (κ3) is 1.16. The molecular weight excluding hydrogens is 150 g/mol. The molecule has 0 saturated carbocycles. The van der Waals surface area contributed by atoms with Gasteiger partial charge in [-0.15, -0.1) is 0 Å². The van der Waals surface area contributed by atoms with Gasteiger partial charge in [0.2, 0.25) is 5.69 Å². The Morgan fingerprint density at radius 2 is 2.42 bits per heavy atom. The second kappa shape index (κ2) is 2.75. The Kier molecular flexibility index (Phi) is 1.73. The maximum atomic E-state index is 3.31. The van der Waals surface area contributed by atoms with E-state index in [1.165, 1.54) is 11.4 Å². The van der Waals surface area contributed by atoms with Crippen molar-refractivity contribution in [1.82, 2.24) is 5.01 Å². The first kappa shape index (κ1) is 7.55. The Morgan fingerprint density at radius 1 is 1.58 bits per heavy atom. The number of aromatic nitrogens is 1. The highest BCUT2D eigenvalue weighted by atomic mass is 15.5. The van der Waals surface area contributed by atoms with Gasteiger partial charge < -0.3 is 5.43 Å². The van der Waals surface area contributed by atoms with Crippen molar-refractivity contribution in [3.05, 3.63) is 24.0 Å². The zero-order valence-electron chi connectivity index (χ0n) is 7.54. The van der Waals surface area contributed by atoms with Crippen molar-refractivity contribution in [2.24, 2.45) is 7.05 Å². The fraction of sp³-hybridized carbons (Fsp3) is 0.444. The molecule has 1 aromatic rings. The summed E-state index contributed by atoms with van der Waals surface area (Å²) in [5.41, 5.74) is 5.93. The second-order valence-corrected chi connectivity index (χ2v) is 3.26. The third-order valence-electron chi connectivity index (χ3n) is 2.30. The number of hydrogen-bond donors (Lipinski definition) is 1. The quantitative estimate of drug-likeness (QED) is 0.557. The van der Waals surface area contributed by atoms with Crippen LogP contribution in [0.1, 0.15) is 5.69 Å². The van der Waals surface area contributed by atoms with Gasteiger partial charge in [0.25, 0.3) is 0 Å². The Balaban J connectivity index is 2.42. The zero-order valence-corrected chi connectivity index (χ0v) is 7.54. The van der Waals surface area contributed by atoms with Crippen LogP contribution >= 0.6 is 0 Å². The lowest BCUT2D eigenvalue weighted by atomic mass is 10.2.